The number of ether oxygens (including phenoxy) is 1. The van der Waals surface area contributed by atoms with Gasteiger partial charge in [-0.3, -0.25) is 4.79 Å². The number of carbonyl (C=O) groups excluding carboxylic acids is 1. The quantitative estimate of drug-likeness (QED) is 0.888. The SMILES string of the molecule is CC(C)(N)CC(=O)Nc1cccc(OC(F)(F)F)c1. The van der Waals surface area contributed by atoms with E-state index in [9.17, 15) is 18.0 Å². The lowest BCUT2D eigenvalue weighted by Gasteiger charge is -2.17. The summed E-state index contributed by atoms with van der Waals surface area (Å²) in [6.45, 7) is 3.35. The Bertz CT molecular complexity index is 453. The fourth-order valence-electron chi connectivity index (χ4n) is 1.39. The molecular weight excluding hydrogens is 261 g/mol. The second-order valence-electron chi connectivity index (χ2n) is 4.79. The second-order valence-corrected chi connectivity index (χ2v) is 4.79. The third-order valence-corrected chi connectivity index (χ3v) is 1.97. The summed E-state index contributed by atoms with van der Waals surface area (Å²) in [7, 11) is 0. The number of hydrogen-bond donors (Lipinski definition) is 2. The minimum atomic E-state index is -4.76. The first kappa shape index (κ1) is 15.3. The molecule has 7 heteroatoms. The number of carbonyl (C=O) groups is 1. The predicted molar refractivity (Wildman–Crippen MR) is 64.6 cm³/mol. The van der Waals surface area contributed by atoms with E-state index in [2.05, 4.69) is 10.1 Å². The number of hydrogen-bond acceptors (Lipinski definition) is 3. The molecule has 0 radical (unpaired) electrons. The van der Waals surface area contributed by atoms with Crippen molar-refractivity contribution in [3.05, 3.63) is 24.3 Å². The molecule has 106 valence electrons. The molecule has 19 heavy (non-hydrogen) atoms. The molecule has 1 aromatic rings. The molecule has 3 N–H and O–H groups in total. The lowest BCUT2D eigenvalue weighted by molar-refractivity contribution is -0.274. The molecule has 0 saturated heterocycles. The predicted octanol–water partition coefficient (Wildman–Crippen LogP) is 2.65. The van der Waals surface area contributed by atoms with E-state index in [1.807, 2.05) is 0 Å². The van der Waals surface area contributed by atoms with Crippen LogP contribution in [0.3, 0.4) is 0 Å². The molecule has 1 aromatic carbocycles. The number of amides is 1. The van der Waals surface area contributed by atoms with Crippen LogP contribution in [-0.4, -0.2) is 17.8 Å². The van der Waals surface area contributed by atoms with Crippen molar-refractivity contribution in [2.45, 2.75) is 32.2 Å². The molecule has 0 fully saturated rings. The summed E-state index contributed by atoms with van der Waals surface area (Å²) in [5, 5.41) is 2.46. The maximum atomic E-state index is 12.0. The summed E-state index contributed by atoms with van der Waals surface area (Å²) in [6, 6.07) is 5.06. The van der Waals surface area contributed by atoms with Crippen molar-refractivity contribution in [1.29, 1.82) is 0 Å². The lowest BCUT2D eigenvalue weighted by Crippen LogP contribution is -2.36. The van der Waals surface area contributed by atoms with Gasteiger partial charge in [-0.1, -0.05) is 6.07 Å². The molecule has 1 rings (SSSR count). The van der Waals surface area contributed by atoms with Crippen LogP contribution in [0.1, 0.15) is 20.3 Å². The van der Waals surface area contributed by atoms with Crippen LogP contribution in [0.5, 0.6) is 5.75 Å². The molecular formula is C12H15F3N2O2. The van der Waals surface area contributed by atoms with Crippen LogP contribution in [0.4, 0.5) is 18.9 Å². The van der Waals surface area contributed by atoms with Gasteiger partial charge in [0.15, 0.2) is 0 Å². The van der Waals surface area contributed by atoms with Crippen molar-refractivity contribution in [1.82, 2.24) is 0 Å². The summed E-state index contributed by atoms with van der Waals surface area (Å²) in [4.78, 5) is 11.6. The van der Waals surface area contributed by atoms with Crippen LogP contribution in [0.25, 0.3) is 0 Å². The molecule has 0 atom stereocenters. The molecule has 0 bridgehead atoms. The van der Waals surface area contributed by atoms with Gasteiger partial charge in [-0.25, -0.2) is 0 Å². The van der Waals surface area contributed by atoms with Crippen molar-refractivity contribution in [2.75, 3.05) is 5.32 Å². The van der Waals surface area contributed by atoms with Crippen LogP contribution in [0.2, 0.25) is 0 Å². The van der Waals surface area contributed by atoms with Gasteiger partial charge in [0.05, 0.1) is 0 Å². The van der Waals surface area contributed by atoms with Crippen molar-refractivity contribution < 1.29 is 22.7 Å². The topological polar surface area (TPSA) is 64.4 Å². The zero-order valence-corrected chi connectivity index (χ0v) is 10.5. The molecule has 4 nitrogen and oxygen atoms in total. The van der Waals surface area contributed by atoms with E-state index in [1.54, 1.807) is 13.8 Å². The van der Waals surface area contributed by atoms with Crippen LogP contribution in [-0.2, 0) is 4.79 Å². The Morgan fingerprint density at radius 1 is 1.37 bits per heavy atom. The van der Waals surface area contributed by atoms with Gasteiger partial charge < -0.3 is 15.8 Å². The third kappa shape index (κ3) is 6.66. The molecule has 1 amide bonds. The Labute approximate surface area is 108 Å². The monoisotopic (exact) mass is 276 g/mol. The number of alkyl halides is 3. The first-order chi connectivity index (χ1) is 8.55. The van der Waals surface area contributed by atoms with Crippen LogP contribution in [0, 0.1) is 0 Å². The third-order valence-electron chi connectivity index (χ3n) is 1.97. The number of nitrogens with one attached hydrogen (secondary N) is 1. The lowest BCUT2D eigenvalue weighted by atomic mass is 10.0. The van der Waals surface area contributed by atoms with Gasteiger partial charge in [0.2, 0.25) is 5.91 Å². The molecule has 0 aliphatic carbocycles. The Kier molecular flexibility index (Phi) is 4.41. The fourth-order valence-corrected chi connectivity index (χ4v) is 1.39. The Balaban J connectivity index is 2.70. The zero-order valence-electron chi connectivity index (χ0n) is 10.5. The van der Waals surface area contributed by atoms with Crippen LogP contribution < -0.4 is 15.8 Å². The molecule has 0 aliphatic heterocycles. The zero-order chi connectivity index (χ0) is 14.7. The van der Waals surface area contributed by atoms with Gasteiger partial charge in [0.1, 0.15) is 5.75 Å². The average molecular weight is 276 g/mol. The number of halogens is 3. The van der Waals surface area contributed by atoms with Crippen molar-refractivity contribution in [3.63, 3.8) is 0 Å². The summed E-state index contributed by atoms with van der Waals surface area (Å²) >= 11 is 0. The minimum absolute atomic E-state index is 0.0529. The van der Waals surface area contributed by atoms with Crippen molar-refractivity contribution in [3.8, 4) is 5.75 Å². The van der Waals surface area contributed by atoms with Crippen molar-refractivity contribution >= 4 is 11.6 Å². The molecule has 0 heterocycles. The van der Waals surface area contributed by atoms with E-state index < -0.39 is 17.7 Å². The highest BCUT2D eigenvalue weighted by Crippen LogP contribution is 2.25. The van der Waals surface area contributed by atoms with E-state index in [0.29, 0.717) is 0 Å². The standard InChI is InChI=1S/C12H15F3N2O2/c1-11(2,16)7-10(18)17-8-4-3-5-9(6-8)19-12(13,14)15/h3-6H,7,16H2,1-2H3,(H,17,18). The van der Waals surface area contributed by atoms with Gasteiger partial charge in [0, 0.05) is 23.7 Å². The number of anilines is 1. The first-order valence-corrected chi connectivity index (χ1v) is 5.50. The fraction of sp³-hybridized carbons (Fsp3) is 0.417. The number of rotatable bonds is 4. The highest BCUT2D eigenvalue weighted by Gasteiger charge is 2.31. The van der Waals surface area contributed by atoms with Gasteiger partial charge in [-0.15, -0.1) is 13.2 Å². The van der Waals surface area contributed by atoms with Crippen molar-refractivity contribution in [2.24, 2.45) is 5.73 Å². The Hall–Kier alpha value is -1.76. The molecule has 0 aromatic heterocycles. The molecule has 0 saturated carbocycles. The van der Waals surface area contributed by atoms with Crippen LogP contribution in [0.15, 0.2) is 24.3 Å². The van der Waals surface area contributed by atoms with E-state index in [4.69, 9.17) is 5.73 Å². The van der Waals surface area contributed by atoms with Gasteiger partial charge in [0.25, 0.3) is 0 Å². The Morgan fingerprint density at radius 3 is 2.53 bits per heavy atom. The largest absolute Gasteiger partial charge is 0.573 e. The van der Waals surface area contributed by atoms with E-state index >= 15 is 0 Å². The van der Waals surface area contributed by atoms with Crippen LogP contribution >= 0.6 is 0 Å². The van der Waals surface area contributed by atoms with E-state index in [-0.39, 0.29) is 18.0 Å². The highest BCUT2D eigenvalue weighted by atomic mass is 19.4. The number of benzene rings is 1. The molecule has 0 unspecified atom stereocenters. The van der Waals surface area contributed by atoms with E-state index in [0.717, 1.165) is 12.1 Å². The summed E-state index contributed by atoms with van der Waals surface area (Å²) in [6.07, 6.45) is -4.71. The minimum Gasteiger partial charge on any atom is -0.406 e. The van der Waals surface area contributed by atoms with Gasteiger partial charge >= 0.3 is 6.36 Å². The maximum Gasteiger partial charge on any atom is 0.573 e. The molecule has 0 aliphatic rings. The van der Waals surface area contributed by atoms with Gasteiger partial charge in [-0.2, -0.15) is 0 Å². The smallest absolute Gasteiger partial charge is 0.406 e. The number of nitrogens with two attached hydrogens (primary N) is 1. The summed E-state index contributed by atoms with van der Waals surface area (Å²) in [5.41, 5.74) is 5.20. The van der Waals surface area contributed by atoms with E-state index in [1.165, 1.54) is 12.1 Å². The average Bonchev–Trinajstić information content (AvgIpc) is 2.11. The molecule has 0 spiro atoms. The summed E-state index contributed by atoms with van der Waals surface area (Å²) in [5.74, 6) is -0.769. The highest BCUT2D eigenvalue weighted by molar-refractivity contribution is 5.91. The second kappa shape index (κ2) is 5.48. The first-order valence-electron chi connectivity index (χ1n) is 5.50. The normalized spacial score (nSPS) is 12.1. The maximum absolute atomic E-state index is 12.0. The van der Waals surface area contributed by atoms with Gasteiger partial charge in [-0.05, 0) is 26.0 Å². The Morgan fingerprint density at radius 2 is 2.00 bits per heavy atom. The summed E-state index contributed by atoms with van der Waals surface area (Å²) < 4.78 is 39.8.